The summed E-state index contributed by atoms with van der Waals surface area (Å²) in [5.41, 5.74) is 1.87. The Kier molecular flexibility index (Phi) is 4.31. The Morgan fingerprint density at radius 1 is 1.11 bits per heavy atom. The first-order valence-electron chi connectivity index (χ1n) is 8.32. The minimum absolute atomic E-state index is 0.0539. The number of aromatic nitrogens is 1. The van der Waals surface area contributed by atoms with Gasteiger partial charge in [-0.05, 0) is 17.2 Å². The highest BCUT2D eigenvalue weighted by Gasteiger charge is 2.43. The molecule has 3 heterocycles. The number of pyridine rings is 1. The Balaban J connectivity index is 1.72. The minimum Gasteiger partial charge on any atom is -0.493 e. The Bertz CT molecular complexity index is 1100. The van der Waals surface area contributed by atoms with Crippen LogP contribution in [0.15, 0.2) is 64.1 Å². The van der Waals surface area contributed by atoms with E-state index in [-0.39, 0.29) is 4.59 Å². The van der Waals surface area contributed by atoms with Crippen LogP contribution in [0.5, 0.6) is 11.5 Å². The first-order valence-corrected chi connectivity index (χ1v) is 8.32. The van der Waals surface area contributed by atoms with E-state index in [2.05, 4.69) is 26.4 Å². The molecule has 9 nitrogen and oxygen atoms in total. The number of aliphatic imine (C=N–C) groups is 2. The maximum Gasteiger partial charge on any atom is 0.287 e. The van der Waals surface area contributed by atoms with Gasteiger partial charge in [0, 0.05) is 24.0 Å². The van der Waals surface area contributed by atoms with Gasteiger partial charge in [-0.15, -0.1) is 0 Å². The SMILES string of the molecule is COc1ccc(NC2=N[N+]3(c4cncc(C#N)c4)C=CN=CC3=N2)cc1OC. The summed E-state index contributed by atoms with van der Waals surface area (Å²) in [4.78, 5) is 12.8. The number of benzene rings is 1. The zero-order valence-corrected chi connectivity index (χ0v) is 15.2. The van der Waals surface area contributed by atoms with Crippen molar-refractivity contribution in [2.45, 2.75) is 0 Å². The van der Waals surface area contributed by atoms with E-state index in [9.17, 15) is 5.26 Å². The highest BCUT2D eigenvalue weighted by Crippen LogP contribution is 2.33. The number of nitriles is 1. The van der Waals surface area contributed by atoms with Crippen LogP contribution in [-0.4, -0.2) is 37.2 Å². The second-order valence-electron chi connectivity index (χ2n) is 5.89. The van der Waals surface area contributed by atoms with Crippen molar-refractivity contribution in [3.63, 3.8) is 0 Å². The molecular weight excluding hydrogens is 358 g/mol. The highest BCUT2D eigenvalue weighted by atomic mass is 16.5. The molecule has 4 rings (SSSR count). The molecule has 1 unspecified atom stereocenters. The predicted octanol–water partition coefficient (Wildman–Crippen LogP) is 2.63. The van der Waals surface area contributed by atoms with Gasteiger partial charge in [-0.25, -0.2) is 0 Å². The molecule has 1 N–H and O–H groups in total. The Morgan fingerprint density at radius 3 is 2.75 bits per heavy atom. The second-order valence-corrected chi connectivity index (χ2v) is 5.89. The van der Waals surface area contributed by atoms with E-state index >= 15 is 0 Å². The summed E-state index contributed by atoms with van der Waals surface area (Å²) in [6.45, 7) is 0. The first kappa shape index (κ1) is 17.4. The fourth-order valence-electron chi connectivity index (χ4n) is 2.93. The Morgan fingerprint density at radius 2 is 1.96 bits per heavy atom. The molecule has 2 aromatic rings. The zero-order chi connectivity index (χ0) is 19.6. The fourth-order valence-corrected chi connectivity index (χ4v) is 2.93. The average Bonchev–Trinajstić information content (AvgIpc) is 3.12. The third-order valence-electron chi connectivity index (χ3n) is 4.27. The van der Waals surface area contributed by atoms with E-state index in [1.807, 2.05) is 6.07 Å². The van der Waals surface area contributed by atoms with Crippen LogP contribution in [0.2, 0.25) is 0 Å². The number of ether oxygens (including phenoxy) is 2. The number of quaternary nitrogens is 1. The first-order chi connectivity index (χ1) is 13.7. The van der Waals surface area contributed by atoms with Crippen LogP contribution < -0.4 is 19.4 Å². The van der Waals surface area contributed by atoms with Crippen LogP contribution in [0, 0.1) is 11.3 Å². The van der Waals surface area contributed by atoms with E-state index in [1.165, 1.54) is 6.20 Å². The van der Waals surface area contributed by atoms with E-state index in [0.717, 1.165) is 5.69 Å². The van der Waals surface area contributed by atoms with Crippen molar-refractivity contribution in [3.05, 3.63) is 54.6 Å². The monoisotopic (exact) mass is 374 g/mol. The van der Waals surface area contributed by atoms with Crippen LogP contribution in [0.3, 0.4) is 0 Å². The smallest absolute Gasteiger partial charge is 0.287 e. The van der Waals surface area contributed by atoms with Gasteiger partial charge in [-0.3, -0.25) is 9.98 Å². The molecule has 9 heteroatoms. The second kappa shape index (κ2) is 6.94. The number of fused-ring (bicyclic) bond motifs is 1. The minimum atomic E-state index is -0.0539. The lowest BCUT2D eigenvalue weighted by Crippen LogP contribution is -2.44. The van der Waals surface area contributed by atoms with Crippen LogP contribution in [0.25, 0.3) is 0 Å². The molecular formula is C19H16N7O2+. The third-order valence-corrected chi connectivity index (χ3v) is 4.27. The molecule has 1 atom stereocenters. The highest BCUT2D eigenvalue weighted by molar-refractivity contribution is 6.38. The van der Waals surface area contributed by atoms with Gasteiger partial charge in [-0.2, -0.15) is 10.3 Å². The number of rotatable bonds is 4. The predicted molar refractivity (Wildman–Crippen MR) is 106 cm³/mol. The van der Waals surface area contributed by atoms with Crippen LogP contribution in [0.1, 0.15) is 5.56 Å². The van der Waals surface area contributed by atoms with Crippen LogP contribution in [-0.2, 0) is 0 Å². The molecule has 0 saturated carbocycles. The van der Waals surface area contributed by atoms with Crippen LogP contribution in [0.4, 0.5) is 11.4 Å². The molecule has 0 bridgehead atoms. The molecule has 1 aromatic heterocycles. The number of methoxy groups -OCH3 is 2. The largest absolute Gasteiger partial charge is 0.493 e. The van der Waals surface area contributed by atoms with E-state index in [0.29, 0.717) is 34.5 Å². The summed E-state index contributed by atoms with van der Waals surface area (Å²) in [5.74, 6) is 2.20. The fraction of sp³-hybridized carbons (Fsp3) is 0.105. The maximum absolute atomic E-state index is 9.20. The molecule has 0 saturated heterocycles. The number of nitrogens with zero attached hydrogens (tertiary/aromatic N) is 6. The molecule has 138 valence electrons. The molecule has 28 heavy (non-hydrogen) atoms. The summed E-state index contributed by atoms with van der Waals surface area (Å²) in [6, 6.07) is 9.26. The van der Waals surface area contributed by atoms with E-state index in [1.54, 1.807) is 57.2 Å². The van der Waals surface area contributed by atoms with Crippen molar-refractivity contribution >= 4 is 29.4 Å². The number of hydrogen-bond donors (Lipinski definition) is 1. The standard InChI is InChI=1S/C19H16N7O2/c1-27-16-4-3-14(8-17(16)28-2)23-19-24-18-12-21-5-6-26(18,25-19)15-7-13(9-20)10-22-11-15/h3-8,10-12H,1-2H3,(H,23,25)/q+1. The van der Waals surface area contributed by atoms with Crippen molar-refractivity contribution in [2.24, 2.45) is 15.1 Å². The van der Waals surface area contributed by atoms with Gasteiger partial charge in [0.1, 0.15) is 12.3 Å². The van der Waals surface area contributed by atoms with Gasteiger partial charge in [0.15, 0.2) is 23.4 Å². The molecule has 0 aliphatic carbocycles. The number of hydrogen-bond acceptors (Lipinski definition) is 8. The molecule has 2 aliphatic heterocycles. The molecule has 0 spiro atoms. The lowest BCUT2D eigenvalue weighted by atomic mass is 10.2. The quantitative estimate of drug-likeness (QED) is 0.829. The van der Waals surface area contributed by atoms with Crippen molar-refractivity contribution in [3.8, 4) is 17.6 Å². The Labute approximate surface area is 161 Å². The molecule has 0 radical (unpaired) electrons. The van der Waals surface area contributed by atoms with Crippen molar-refractivity contribution in [1.29, 1.82) is 5.26 Å². The topological polar surface area (TPSA) is 104 Å². The van der Waals surface area contributed by atoms with Gasteiger partial charge in [-0.1, -0.05) is 4.59 Å². The number of nitrogens with one attached hydrogen (secondary N) is 1. The summed E-state index contributed by atoms with van der Waals surface area (Å²) in [7, 11) is 3.16. The zero-order valence-electron chi connectivity index (χ0n) is 15.2. The Hall–Kier alpha value is -4.03. The van der Waals surface area contributed by atoms with E-state index in [4.69, 9.17) is 14.6 Å². The van der Waals surface area contributed by atoms with Gasteiger partial charge in [0.2, 0.25) is 0 Å². The van der Waals surface area contributed by atoms with Gasteiger partial charge in [0.05, 0.1) is 32.2 Å². The normalized spacial score (nSPS) is 19.3. The molecule has 0 fully saturated rings. The van der Waals surface area contributed by atoms with Crippen molar-refractivity contribution in [2.75, 3.05) is 19.5 Å². The third kappa shape index (κ3) is 2.87. The summed E-state index contributed by atoms with van der Waals surface area (Å²) < 4.78 is 10.5. The average molecular weight is 374 g/mol. The molecule has 2 aliphatic rings. The van der Waals surface area contributed by atoms with Gasteiger partial charge in [0.25, 0.3) is 11.8 Å². The van der Waals surface area contributed by atoms with Gasteiger partial charge >= 0.3 is 0 Å². The lowest BCUT2D eigenvalue weighted by Gasteiger charge is -2.23. The van der Waals surface area contributed by atoms with Gasteiger partial charge < -0.3 is 14.8 Å². The molecule has 1 aromatic carbocycles. The lowest BCUT2D eigenvalue weighted by molar-refractivity contribution is 0.355. The van der Waals surface area contributed by atoms with Crippen molar-refractivity contribution < 1.29 is 9.47 Å². The molecule has 0 amide bonds. The number of anilines is 1. The maximum atomic E-state index is 9.20. The summed E-state index contributed by atoms with van der Waals surface area (Å²) in [6.07, 6.45) is 8.21. The number of guanidine groups is 1. The summed E-state index contributed by atoms with van der Waals surface area (Å²) >= 11 is 0. The van der Waals surface area contributed by atoms with Crippen LogP contribution >= 0.6 is 0 Å². The summed E-state index contributed by atoms with van der Waals surface area (Å²) in [5, 5.41) is 17.1. The number of amidine groups is 1. The van der Waals surface area contributed by atoms with E-state index < -0.39 is 0 Å². The van der Waals surface area contributed by atoms with Crippen molar-refractivity contribution in [1.82, 2.24) is 9.58 Å².